The molecule has 0 aliphatic heterocycles. The number of anilines is 1. The normalized spacial score (nSPS) is 14.9. The van der Waals surface area contributed by atoms with Crippen LogP contribution in [-0.2, 0) is 6.42 Å². The van der Waals surface area contributed by atoms with Crippen LogP contribution in [0.4, 0.5) is 5.13 Å². The van der Waals surface area contributed by atoms with Crippen LogP contribution < -0.4 is 10.6 Å². The number of aromatic nitrogens is 2. The predicted octanol–water partition coefficient (Wildman–Crippen LogP) is 2.14. The Morgan fingerprint density at radius 1 is 1.59 bits per heavy atom. The maximum atomic E-state index is 5.56. The van der Waals surface area contributed by atoms with E-state index in [1.165, 1.54) is 24.4 Å². The van der Waals surface area contributed by atoms with Crippen LogP contribution in [0.3, 0.4) is 0 Å². The lowest BCUT2D eigenvalue weighted by molar-refractivity contribution is 0.786. The zero-order chi connectivity index (χ0) is 12.3. The zero-order valence-electron chi connectivity index (χ0n) is 10.1. The van der Waals surface area contributed by atoms with E-state index in [9.17, 15) is 0 Å². The molecule has 4 nitrogen and oxygen atoms in total. The van der Waals surface area contributed by atoms with E-state index in [0.29, 0.717) is 11.0 Å². The summed E-state index contributed by atoms with van der Waals surface area (Å²) in [7, 11) is 0. The van der Waals surface area contributed by atoms with Gasteiger partial charge in [0.1, 0.15) is 5.82 Å². The first-order valence-electron chi connectivity index (χ1n) is 6.08. The largest absolute Gasteiger partial charge is 0.393 e. The summed E-state index contributed by atoms with van der Waals surface area (Å²) in [5, 5.41) is 1.03. The SMILES string of the molecule is CCCc1nsc(N(CCC(N)=S)C2CC2)n1. The average molecular weight is 270 g/mol. The fourth-order valence-electron chi connectivity index (χ4n) is 1.74. The van der Waals surface area contributed by atoms with Gasteiger partial charge >= 0.3 is 0 Å². The Bertz CT molecular complexity index is 387. The Kier molecular flexibility index (Phi) is 4.28. The van der Waals surface area contributed by atoms with Gasteiger partial charge in [-0.2, -0.15) is 4.37 Å². The van der Waals surface area contributed by atoms with Crippen LogP contribution in [0, 0.1) is 0 Å². The minimum absolute atomic E-state index is 0.578. The fourth-order valence-corrected chi connectivity index (χ4v) is 2.64. The average Bonchev–Trinajstić information content (AvgIpc) is 3.00. The summed E-state index contributed by atoms with van der Waals surface area (Å²) >= 11 is 6.43. The molecule has 0 saturated heterocycles. The monoisotopic (exact) mass is 270 g/mol. The number of aryl methyl sites for hydroxylation is 1. The summed E-state index contributed by atoms with van der Waals surface area (Å²) in [5.41, 5.74) is 5.56. The summed E-state index contributed by atoms with van der Waals surface area (Å²) in [6.45, 7) is 3.02. The Morgan fingerprint density at radius 3 is 2.94 bits per heavy atom. The molecule has 0 radical (unpaired) electrons. The van der Waals surface area contributed by atoms with E-state index in [1.54, 1.807) is 0 Å². The minimum Gasteiger partial charge on any atom is -0.393 e. The van der Waals surface area contributed by atoms with Crippen molar-refractivity contribution in [1.29, 1.82) is 0 Å². The second kappa shape index (κ2) is 5.73. The van der Waals surface area contributed by atoms with E-state index >= 15 is 0 Å². The van der Waals surface area contributed by atoms with Crippen molar-refractivity contribution in [1.82, 2.24) is 9.36 Å². The molecule has 2 rings (SSSR count). The van der Waals surface area contributed by atoms with Gasteiger partial charge in [0.05, 0.1) is 4.99 Å². The number of hydrogen-bond acceptors (Lipinski definition) is 5. The zero-order valence-corrected chi connectivity index (χ0v) is 11.7. The van der Waals surface area contributed by atoms with Crippen LogP contribution in [0.2, 0.25) is 0 Å². The highest BCUT2D eigenvalue weighted by molar-refractivity contribution is 7.80. The first-order chi connectivity index (χ1) is 8.20. The summed E-state index contributed by atoms with van der Waals surface area (Å²) in [4.78, 5) is 7.48. The molecule has 1 saturated carbocycles. The molecule has 94 valence electrons. The van der Waals surface area contributed by atoms with Gasteiger partial charge in [0, 0.05) is 37.0 Å². The number of nitrogens with two attached hydrogens (primary N) is 1. The molecule has 1 fully saturated rings. The molecule has 17 heavy (non-hydrogen) atoms. The molecule has 0 aromatic carbocycles. The number of nitrogens with zero attached hydrogens (tertiary/aromatic N) is 3. The summed E-state index contributed by atoms with van der Waals surface area (Å²) < 4.78 is 4.39. The van der Waals surface area contributed by atoms with Gasteiger partial charge in [0.2, 0.25) is 5.13 Å². The van der Waals surface area contributed by atoms with Gasteiger partial charge < -0.3 is 10.6 Å². The van der Waals surface area contributed by atoms with Gasteiger partial charge in [-0.3, -0.25) is 0 Å². The Hall–Kier alpha value is -0.750. The van der Waals surface area contributed by atoms with Gasteiger partial charge in [-0.05, 0) is 19.3 Å². The lowest BCUT2D eigenvalue weighted by atomic mass is 10.3. The third-order valence-corrected chi connectivity index (χ3v) is 3.76. The number of hydrogen-bond donors (Lipinski definition) is 1. The summed E-state index contributed by atoms with van der Waals surface area (Å²) in [5.74, 6) is 0.966. The molecule has 6 heteroatoms. The first kappa shape index (κ1) is 12.7. The molecule has 2 N–H and O–H groups in total. The van der Waals surface area contributed by atoms with Crippen molar-refractivity contribution in [3.8, 4) is 0 Å². The van der Waals surface area contributed by atoms with E-state index in [0.717, 1.165) is 36.8 Å². The fraction of sp³-hybridized carbons (Fsp3) is 0.727. The molecule has 1 aliphatic rings. The van der Waals surface area contributed by atoms with Crippen LogP contribution in [0.5, 0.6) is 0 Å². The maximum absolute atomic E-state index is 5.56. The van der Waals surface area contributed by atoms with Crippen molar-refractivity contribution < 1.29 is 0 Å². The van der Waals surface area contributed by atoms with E-state index in [2.05, 4.69) is 21.2 Å². The van der Waals surface area contributed by atoms with Crippen LogP contribution in [0.15, 0.2) is 0 Å². The molecular formula is C11H18N4S2. The quantitative estimate of drug-likeness (QED) is 0.769. The molecule has 0 bridgehead atoms. The topological polar surface area (TPSA) is 55.0 Å². The molecule has 1 aromatic heterocycles. The highest BCUT2D eigenvalue weighted by Crippen LogP contribution is 2.32. The molecular weight excluding hydrogens is 252 g/mol. The van der Waals surface area contributed by atoms with Crippen LogP contribution in [-0.4, -0.2) is 26.9 Å². The molecule has 1 aliphatic carbocycles. The van der Waals surface area contributed by atoms with E-state index < -0.39 is 0 Å². The minimum atomic E-state index is 0.578. The molecule has 0 unspecified atom stereocenters. The van der Waals surface area contributed by atoms with Crippen molar-refractivity contribution in [3.05, 3.63) is 5.82 Å². The highest BCUT2D eigenvalue weighted by atomic mass is 32.1. The molecule has 0 amide bonds. The van der Waals surface area contributed by atoms with E-state index in [-0.39, 0.29) is 0 Å². The predicted molar refractivity (Wildman–Crippen MR) is 75.7 cm³/mol. The third kappa shape index (κ3) is 3.61. The number of rotatable bonds is 7. The van der Waals surface area contributed by atoms with Gasteiger partial charge in [-0.25, -0.2) is 4.98 Å². The smallest absolute Gasteiger partial charge is 0.205 e. The highest BCUT2D eigenvalue weighted by Gasteiger charge is 2.31. The van der Waals surface area contributed by atoms with Gasteiger partial charge in [-0.1, -0.05) is 19.1 Å². The Balaban J connectivity index is 2.00. The van der Waals surface area contributed by atoms with Crippen molar-refractivity contribution in [2.24, 2.45) is 5.73 Å². The van der Waals surface area contributed by atoms with Gasteiger partial charge in [0.25, 0.3) is 0 Å². The number of thiocarbonyl (C=S) groups is 1. The Labute approximate surface area is 111 Å². The second-order valence-corrected chi connectivity index (χ2v) is 5.64. The summed E-state index contributed by atoms with van der Waals surface area (Å²) in [6, 6.07) is 0.631. The third-order valence-electron chi connectivity index (χ3n) is 2.76. The molecule has 0 spiro atoms. The standard InChI is InChI=1S/C11H18N4S2/c1-2-3-10-13-11(17-14-10)15(8-4-5-8)7-6-9(12)16/h8H,2-7H2,1H3,(H2,12,16). The lowest BCUT2D eigenvalue weighted by Gasteiger charge is -2.20. The van der Waals surface area contributed by atoms with E-state index in [4.69, 9.17) is 18.0 Å². The van der Waals surface area contributed by atoms with Crippen molar-refractivity contribution in [2.75, 3.05) is 11.4 Å². The molecule has 1 heterocycles. The van der Waals surface area contributed by atoms with Crippen molar-refractivity contribution in [3.63, 3.8) is 0 Å². The van der Waals surface area contributed by atoms with Crippen LogP contribution in [0.1, 0.15) is 38.4 Å². The molecule has 0 atom stereocenters. The van der Waals surface area contributed by atoms with Gasteiger partial charge in [-0.15, -0.1) is 0 Å². The Morgan fingerprint density at radius 2 is 2.35 bits per heavy atom. The van der Waals surface area contributed by atoms with Crippen LogP contribution in [0.25, 0.3) is 0 Å². The van der Waals surface area contributed by atoms with Gasteiger partial charge in [0.15, 0.2) is 0 Å². The van der Waals surface area contributed by atoms with E-state index in [1.807, 2.05) is 0 Å². The molecule has 1 aromatic rings. The van der Waals surface area contributed by atoms with Crippen LogP contribution >= 0.6 is 23.8 Å². The summed E-state index contributed by atoms with van der Waals surface area (Å²) in [6.07, 6.45) is 5.31. The van der Waals surface area contributed by atoms with Crippen molar-refractivity contribution in [2.45, 2.75) is 45.1 Å². The second-order valence-electron chi connectivity index (χ2n) is 4.38. The first-order valence-corrected chi connectivity index (χ1v) is 7.26. The van der Waals surface area contributed by atoms with Crippen molar-refractivity contribution >= 4 is 33.9 Å². The maximum Gasteiger partial charge on any atom is 0.205 e. The lowest BCUT2D eigenvalue weighted by Crippen LogP contribution is -2.29.